The van der Waals surface area contributed by atoms with Crippen LogP contribution in [0.15, 0.2) is 102 Å². The van der Waals surface area contributed by atoms with Gasteiger partial charge in [0, 0.05) is 37.2 Å². The molecule has 15 nitrogen and oxygen atoms in total. The molecule has 4 aliphatic rings. The van der Waals surface area contributed by atoms with E-state index < -0.39 is 113 Å². The zero-order chi connectivity index (χ0) is 47.8. The van der Waals surface area contributed by atoms with Crippen LogP contribution in [0.2, 0.25) is 0 Å². The lowest BCUT2D eigenvalue weighted by atomic mass is 9.44. The molecule has 7 rings (SSSR count). The van der Waals surface area contributed by atoms with Crippen molar-refractivity contribution in [1.29, 1.82) is 0 Å². The van der Waals surface area contributed by atoms with E-state index in [0.29, 0.717) is 18.4 Å². The van der Waals surface area contributed by atoms with E-state index in [-0.39, 0.29) is 41.7 Å². The lowest BCUT2D eigenvalue weighted by Crippen LogP contribution is -2.82. The molecule has 4 N–H and O–H groups in total. The molecule has 1 saturated heterocycles. The van der Waals surface area contributed by atoms with E-state index in [2.05, 4.69) is 5.32 Å². The van der Waals surface area contributed by atoms with Gasteiger partial charge in [0.15, 0.2) is 23.6 Å². The highest BCUT2D eigenvalue weighted by atomic mass is 16.6. The summed E-state index contributed by atoms with van der Waals surface area (Å²) in [6.07, 6.45) is -8.65. The van der Waals surface area contributed by atoms with E-state index in [1.54, 1.807) is 99.6 Å². The molecule has 2 bridgehead atoms. The normalized spacial score (nSPS) is 30.7. The van der Waals surface area contributed by atoms with Crippen LogP contribution in [0.25, 0.3) is 0 Å². The smallest absolute Gasteiger partial charge is 0.338 e. The van der Waals surface area contributed by atoms with Crippen molar-refractivity contribution in [3.63, 3.8) is 0 Å². The van der Waals surface area contributed by atoms with Gasteiger partial charge in [-0.1, -0.05) is 100 Å². The maximum atomic E-state index is 15.8. The Bertz CT molecular complexity index is 2350. The number of nitrogens with one attached hydrogen (secondary N) is 1. The average molecular weight is 910 g/mol. The Kier molecular flexibility index (Phi) is 13.8. The summed E-state index contributed by atoms with van der Waals surface area (Å²) in [7, 11) is 0. The molecule has 2 saturated carbocycles. The minimum atomic E-state index is -2.40. The number of ketones is 1. The Balaban J connectivity index is 1.40. The first-order valence-electron chi connectivity index (χ1n) is 22.5. The Morgan fingerprint density at radius 2 is 1.47 bits per heavy atom. The molecule has 352 valence electrons. The first kappa shape index (κ1) is 48.2. The summed E-state index contributed by atoms with van der Waals surface area (Å²) in [5.41, 5.74) is -6.98. The minimum Gasteiger partial charge on any atom is -0.456 e. The zero-order valence-electron chi connectivity index (χ0n) is 38.1. The molecule has 1 amide bonds. The first-order valence-corrected chi connectivity index (χ1v) is 22.5. The summed E-state index contributed by atoms with van der Waals surface area (Å²) in [6.45, 7) is 8.98. The van der Waals surface area contributed by atoms with Gasteiger partial charge in [0.05, 0.1) is 35.6 Å². The van der Waals surface area contributed by atoms with Crippen molar-refractivity contribution in [3.8, 4) is 0 Å². The molecular weight excluding hydrogens is 851 g/mol. The van der Waals surface area contributed by atoms with E-state index in [1.165, 1.54) is 26.0 Å². The molecule has 3 aliphatic carbocycles. The number of unbranched alkanes of at least 4 members (excludes halogenated alkanes) is 2. The number of carbonyl (C=O) groups excluding carboxylic acids is 6. The number of carbonyl (C=O) groups is 6. The third kappa shape index (κ3) is 8.46. The van der Waals surface area contributed by atoms with E-state index >= 15 is 4.79 Å². The highest BCUT2D eigenvalue weighted by Crippen LogP contribution is 2.64. The van der Waals surface area contributed by atoms with Crippen molar-refractivity contribution in [1.82, 2.24) is 5.32 Å². The molecule has 3 aromatic rings. The van der Waals surface area contributed by atoms with Gasteiger partial charge in [0.1, 0.15) is 23.9 Å². The fraction of sp³-hybridized carbons (Fsp3) is 0.490. The number of Topliss-reactive ketones (excluding diaryl/α,β-unsaturated/α-hetero) is 1. The highest BCUT2D eigenvalue weighted by Gasteiger charge is 2.78. The van der Waals surface area contributed by atoms with Crippen molar-refractivity contribution >= 4 is 35.6 Å². The largest absolute Gasteiger partial charge is 0.456 e. The van der Waals surface area contributed by atoms with Crippen molar-refractivity contribution in [2.24, 2.45) is 16.7 Å². The van der Waals surface area contributed by atoms with Gasteiger partial charge in [0.25, 0.3) is 5.91 Å². The van der Waals surface area contributed by atoms with E-state index in [9.17, 15) is 39.3 Å². The second-order valence-corrected chi connectivity index (χ2v) is 18.7. The summed E-state index contributed by atoms with van der Waals surface area (Å²) >= 11 is 0. The maximum absolute atomic E-state index is 15.8. The molecule has 1 heterocycles. The summed E-state index contributed by atoms with van der Waals surface area (Å²) in [6, 6.07) is 23.1. The SMILES string of the molecule is CCCCCC(=O)O[C@H]1C(=O)C2(C)[C@@H](O)C[C@H]3OC[C@@]3(OC(C)=O)[C@H]2[C@H](OC(=O)c2ccccc2)[C@]2(O)C[C@H](OC(=O)[C@H](O)[C@@H](NC(=O)c3ccccc3)c3ccccc3)C(C)=C1C2(C)C. The lowest BCUT2D eigenvalue weighted by molar-refractivity contribution is -0.346. The van der Waals surface area contributed by atoms with Crippen molar-refractivity contribution in [2.75, 3.05) is 6.61 Å². The van der Waals surface area contributed by atoms with Gasteiger partial charge in [-0.2, -0.15) is 0 Å². The zero-order valence-corrected chi connectivity index (χ0v) is 38.1. The summed E-state index contributed by atoms with van der Waals surface area (Å²) < 4.78 is 30.9. The second-order valence-electron chi connectivity index (χ2n) is 18.7. The first-order chi connectivity index (χ1) is 31.3. The Hall–Kier alpha value is -5.74. The van der Waals surface area contributed by atoms with E-state index in [0.717, 1.165) is 6.42 Å². The van der Waals surface area contributed by atoms with Crippen molar-refractivity contribution in [2.45, 2.75) is 134 Å². The van der Waals surface area contributed by atoms with Crippen molar-refractivity contribution < 1.29 is 67.8 Å². The monoisotopic (exact) mass is 909 g/mol. The number of amides is 1. The Labute approximate surface area is 383 Å². The molecule has 15 heteroatoms. The van der Waals surface area contributed by atoms with Crippen molar-refractivity contribution in [3.05, 3.63) is 119 Å². The van der Waals surface area contributed by atoms with Crippen LogP contribution >= 0.6 is 0 Å². The minimum absolute atomic E-state index is 0.0236. The number of hydrogen-bond donors (Lipinski definition) is 4. The number of hydrogen-bond acceptors (Lipinski definition) is 14. The van der Waals surface area contributed by atoms with Crippen LogP contribution in [0.4, 0.5) is 0 Å². The molecule has 1 aliphatic heterocycles. The number of aliphatic hydroxyl groups is 3. The quantitative estimate of drug-likeness (QED) is 0.0699. The van der Waals surface area contributed by atoms with Crippen LogP contribution in [-0.4, -0.2) is 105 Å². The maximum Gasteiger partial charge on any atom is 0.338 e. The average Bonchev–Trinajstić information content (AvgIpc) is 3.29. The molecule has 3 fully saturated rings. The van der Waals surface area contributed by atoms with Gasteiger partial charge in [-0.15, -0.1) is 0 Å². The molecule has 0 aromatic heterocycles. The predicted octanol–water partition coefficient (Wildman–Crippen LogP) is 5.30. The standard InChI is InChI=1S/C51H59NO14/c1-7-8-12-25-37(55)64-41-38-29(2)34(63-47(60)40(56)39(31-19-13-9-14-20-31)52-45(58)32-21-15-10-16-22-32)27-51(61,48(38,4)5)44(65-46(59)33-23-17-11-18-24-33)42-49(6,43(41)57)35(54)26-36-50(42,28-62-36)66-30(3)53/h9-11,13-24,34-36,39-42,44,54,56,61H,7-8,12,25-28H2,1-6H3,(H,52,58)/t34-,35-,36+,39-,40+,41+,42-,44-,49?,50-,51+/m0/s1. The van der Waals surface area contributed by atoms with Crippen LogP contribution in [0.3, 0.4) is 0 Å². The number of ether oxygens (including phenoxy) is 5. The van der Waals surface area contributed by atoms with Gasteiger partial charge in [0.2, 0.25) is 0 Å². The van der Waals surface area contributed by atoms with Gasteiger partial charge in [-0.05, 0) is 61.2 Å². The summed E-state index contributed by atoms with van der Waals surface area (Å²) in [5, 5.41) is 40.7. The Morgan fingerprint density at radius 1 is 0.864 bits per heavy atom. The fourth-order valence-electron chi connectivity index (χ4n) is 10.7. The van der Waals surface area contributed by atoms with E-state index in [4.69, 9.17) is 23.7 Å². The molecule has 11 atom stereocenters. The number of rotatable bonds is 14. The molecule has 3 aromatic carbocycles. The fourth-order valence-corrected chi connectivity index (χ4v) is 10.7. The highest BCUT2D eigenvalue weighted by molar-refractivity contribution is 5.96. The molecule has 66 heavy (non-hydrogen) atoms. The van der Waals surface area contributed by atoms with Gasteiger partial charge in [-0.25, -0.2) is 9.59 Å². The molecular formula is C51H59NO14. The van der Waals surface area contributed by atoms with E-state index in [1.807, 2.05) is 6.92 Å². The third-order valence-corrected chi connectivity index (χ3v) is 14.4. The topological polar surface area (TPSA) is 221 Å². The number of aliphatic hydroxyl groups excluding tert-OH is 2. The van der Waals surface area contributed by atoms with Gasteiger partial charge in [-0.3, -0.25) is 19.2 Å². The van der Waals surface area contributed by atoms with Crippen LogP contribution in [0.5, 0.6) is 0 Å². The summed E-state index contributed by atoms with van der Waals surface area (Å²) in [5.74, 6) is -6.64. The number of benzene rings is 3. The number of fused-ring (bicyclic) bond motifs is 5. The molecule has 0 spiro atoms. The van der Waals surface area contributed by atoms with Crippen LogP contribution in [-0.2, 0) is 42.9 Å². The second kappa shape index (κ2) is 18.9. The van der Waals surface area contributed by atoms with Crippen LogP contribution < -0.4 is 5.32 Å². The predicted molar refractivity (Wildman–Crippen MR) is 236 cm³/mol. The third-order valence-electron chi connectivity index (χ3n) is 14.4. The van der Waals surface area contributed by atoms with Crippen LogP contribution in [0, 0.1) is 16.7 Å². The Morgan fingerprint density at radius 3 is 2.05 bits per heavy atom. The van der Waals surface area contributed by atoms with Gasteiger partial charge >= 0.3 is 23.9 Å². The number of esters is 4. The van der Waals surface area contributed by atoms with Gasteiger partial charge < -0.3 is 44.3 Å². The molecule has 0 radical (unpaired) electrons. The van der Waals surface area contributed by atoms with Crippen LogP contribution in [0.1, 0.15) is 112 Å². The molecule has 1 unspecified atom stereocenters. The summed E-state index contributed by atoms with van der Waals surface area (Å²) in [4.78, 5) is 85.1. The lowest BCUT2D eigenvalue weighted by Gasteiger charge is -2.67.